The van der Waals surface area contributed by atoms with E-state index in [1.807, 2.05) is 60.7 Å². The highest BCUT2D eigenvalue weighted by Gasteiger charge is 2.35. The quantitative estimate of drug-likeness (QED) is 0.0626. The minimum atomic E-state index is -4.40. The van der Waals surface area contributed by atoms with Crippen molar-refractivity contribution in [1.29, 1.82) is 0 Å². The third-order valence-corrected chi connectivity index (χ3v) is 11.4. The fourth-order valence-corrected chi connectivity index (χ4v) is 8.72. The van der Waals surface area contributed by atoms with Crippen LogP contribution >= 0.6 is 0 Å². The standard InChI is InChI=1S/C42H21N5O6S/c48-40-31-18-14-27-25-12-16-29-37-30(42(50)47-34-7-2-1-6-33(34)43-39(29)47)17-13-26(35(25)37)28-15-19-32(38(31)36(27)28)41(49)46(40)23-10-8-21(9-11-23)44-45-22-4-3-5-24(20-22)54(51,52)53/h1-20H,(H,51,52,53). The SMILES string of the molecule is O=C1c2ccc3c4ccc5c(=O)n6c7ccccc7nc6c6ccc(c7ccc(c2c37)C(=O)N1c1ccc(N=Nc2cccc(S(=O)(=O)O)c2)cc1)c4c56. The lowest BCUT2D eigenvalue weighted by Crippen LogP contribution is -2.40. The van der Waals surface area contributed by atoms with Crippen molar-refractivity contribution in [1.82, 2.24) is 9.38 Å². The number of carbonyl (C=O) groups excluding carboxylic acids is 2. The highest BCUT2D eigenvalue weighted by molar-refractivity contribution is 7.85. The number of imidazole rings is 1. The lowest BCUT2D eigenvalue weighted by Gasteiger charge is -2.28. The molecule has 0 saturated carbocycles. The van der Waals surface area contributed by atoms with Crippen LogP contribution in [0, 0.1) is 0 Å². The summed E-state index contributed by atoms with van der Waals surface area (Å²) in [6.45, 7) is 0. The molecule has 1 aliphatic heterocycles. The maximum Gasteiger partial charge on any atom is 0.294 e. The van der Waals surface area contributed by atoms with Gasteiger partial charge in [-0.25, -0.2) is 9.88 Å². The van der Waals surface area contributed by atoms with Gasteiger partial charge in [-0.3, -0.25) is 23.3 Å². The number of benzene rings is 8. The van der Waals surface area contributed by atoms with Crippen LogP contribution in [-0.4, -0.2) is 34.2 Å². The summed E-state index contributed by atoms with van der Waals surface area (Å²) in [5, 5.41) is 16.4. The fraction of sp³-hybridized carbons (Fsp3) is 0. The number of hydrogen-bond donors (Lipinski definition) is 1. The van der Waals surface area contributed by atoms with Crippen LogP contribution in [0.3, 0.4) is 0 Å². The number of aromatic nitrogens is 2. The van der Waals surface area contributed by atoms with Crippen LogP contribution in [0.5, 0.6) is 0 Å². The average molecular weight is 724 g/mol. The zero-order valence-corrected chi connectivity index (χ0v) is 28.5. The van der Waals surface area contributed by atoms with Gasteiger partial charge in [0.05, 0.1) is 33.0 Å². The molecule has 2 amide bonds. The molecule has 1 N–H and O–H groups in total. The summed E-state index contributed by atoms with van der Waals surface area (Å²) in [7, 11) is -4.40. The van der Waals surface area contributed by atoms with Gasteiger partial charge in [-0.05, 0) is 111 Å². The zero-order chi connectivity index (χ0) is 36.6. The number of amides is 2. The Morgan fingerprint density at radius 3 is 1.81 bits per heavy atom. The monoisotopic (exact) mass is 723 g/mol. The van der Waals surface area contributed by atoms with Crippen molar-refractivity contribution in [3.63, 3.8) is 0 Å². The van der Waals surface area contributed by atoms with Gasteiger partial charge in [0.1, 0.15) is 5.65 Å². The molecule has 0 atom stereocenters. The van der Waals surface area contributed by atoms with Crippen LogP contribution in [-0.2, 0) is 10.1 Å². The third-order valence-electron chi connectivity index (χ3n) is 10.5. The summed E-state index contributed by atoms with van der Waals surface area (Å²) >= 11 is 0. The van der Waals surface area contributed by atoms with Gasteiger partial charge in [0.25, 0.3) is 27.5 Å². The Morgan fingerprint density at radius 1 is 0.556 bits per heavy atom. The van der Waals surface area contributed by atoms with Crippen molar-refractivity contribution >= 4 is 110 Å². The Kier molecular flexibility index (Phi) is 5.91. The summed E-state index contributed by atoms with van der Waals surface area (Å²) in [4.78, 5) is 48.2. The predicted octanol–water partition coefficient (Wildman–Crippen LogP) is 8.95. The Hall–Kier alpha value is -7.15. The van der Waals surface area contributed by atoms with Gasteiger partial charge in [0, 0.05) is 32.7 Å². The molecule has 256 valence electrons. The molecule has 10 aromatic rings. The minimum Gasteiger partial charge on any atom is -0.282 e. The molecule has 0 radical (unpaired) electrons. The van der Waals surface area contributed by atoms with Gasteiger partial charge in [0.15, 0.2) is 0 Å². The number of nitrogens with zero attached hydrogens (tertiary/aromatic N) is 5. The Morgan fingerprint density at radius 2 is 1.13 bits per heavy atom. The Labute approximate surface area is 303 Å². The van der Waals surface area contributed by atoms with Crippen molar-refractivity contribution in [3.05, 3.63) is 143 Å². The van der Waals surface area contributed by atoms with E-state index in [-0.39, 0.29) is 16.1 Å². The maximum absolute atomic E-state index is 14.2. The zero-order valence-electron chi connectivity index (χ0n) is 27.7. The summed E-state index contributed by atoms with van der Waals surface area (Å²) in [6, 6.07) is 34.6. The molecular weight excluding hydrogens is 703 g/mol. The molecule has 0 aliphatic carbocycles. The summed E-state index contributed by atoms with van der Waals surface area (Å²) < 4.78 is 34.0. The van der Waals surface area contributed by atoms with Crippen LogP contribution in [0.1, 0.15) is 20.7 Å². The molecule has 1 aliphatic rings. The molecule has 0 unspecified atom stereocenters. The number of fused-ring (bicyclic) bond motifs is 6. The predicted molar refractivity (Wildman–Crippen MR) is 207 cm³/mol. The number of rotatable bonds is 4. The summed E-state index contributed by atoms with van der Waals surface area (Å²) in [5.41, 5.74) is 3.71. The van der Waals surface area contributed by atoms with Crippen LogP contribution in [0.25, 0.3) is 70.5 Å². The topological polar surface area (TPSA) is 151 Å². The van der Waals surface area contributed by atoms with E-state index in [1.54, 1.807) is 40.8 Å². The lowest BCUT2D eigenvalue weighted by atomic mass is 9.83. The number of hydrogen-bond acceptors (Lipinski definition) is 8. The molecule has 12 heteroatoms. The van der Waals surface area contributed by atoms with E-state index in [2.05, 4.69) is 10.2 Å². The van der Waals surface area contributed by atoms with E-state index in [1.165, 1.54) is 24.3 Å². The van der Waals surface area contributed by atoms with Gasteiger partial charge in [-0.2, -0.15) is 18.6 Å². The minimum absolute atomic E-state index is 0.135. The highest BCUT2D eigenvalue weighted by Crippen LogP contribution is 2.46. The fourth-order valence-electron chi connectivity index (χ4n) is 8.20. The number of azo groups is 1. The molecule has 11 rings (SSSR count). The third kappa shape index (κ3) is 4.00. The highest BCUT2D eigenvalue weighted by atomic mass is 32.2. The summed E-state index contributed by atoms with van der Waals surface area (Å²) in [5.74, 6) is -0.929. The van der Waals surface area contributed by atoms with E-state index in [0.717, 1.165) is 59.0 Å². The van der Waals surface area contributed by atoms with E-state index in [0.29, 0.717) is 38.9 Å². The van der Waals surface area contributed by atoms with Crippen molar-refractivity contribution in [2.45, 2.75) is 4.90 Å². The number of carbonyl (C=O) groups is 2. The van der Waals surface area contributed by atoms with Crippen molar-refractivity contribution in [2.75, 3.05) is 4.90 Å². The van der Waals surface area contributed by atoms with Gasteiger partial charge < -0.3 is 0 Å². The smallest absolute Gasteiger partial charge is 0.282 e. The summed E-state index contributed by atoms with van der Waals surface area (Å²) in [6.07, 6.45) is 0. The van der Waals surface area contributed by atoms with Gasteiger partial charge in [-0.1, -0.05) is 42.5 Å². The van der Waals surface area contributed by atoms with Crippen LogP contribution in [0.15, 0.2) is 141 Å². The molecule has 0 saturated heterocycles. The molecule has 2 aromatic heterocycles. The van der Waals surface area contributed by atoms with Crippen molar-refractivity contribution in [3.8, 4) is 0 Å². The molecule has 0 spiro atoms. The van der Waals surface area contributed by atoms with E-state index in [4.69, 9.17) is 4.98 Å². The molecular formula is C42H21N5O6S. The van der Waals surface area contributed by atoms with Crippen LogP contribution in [0.2, 0.25) is 0 Å². The first-order chi connectivity index (χ1) is 26.2. The second-order valence-corrected chi connectivity index (χ2v) is 14.8. The number of imide groups is 1. The van der Waals surface area contributed by atoms with Gasteiger partial charge in [0.2, 0.25) is 0 Å². The largest absolute Gasteiger partial charge is 0.294 e. The second kappa shape index (κ2) is 10.5. The van der Waals surface area contributed by atoms with Crippen molar-refractivity contribution in [2.24, 2.45) is 10.2 Å². The van der Waals surface area contributed by atoms with Crippen LogP contribution in [0.4, 0.5) is 17.1 Å². The van der Waals surface area contributed by atoms with Crippen molar-refractivity contribution < 1.29 is 22.6 Å². The maximum atomic E-state index is 14.2. The number of para-hydroxylation sites is 2. The molecule has 0 fully saturated rings. The van der Waals surface area contributed by atoms with Gasteiger partial charge in [-0.15, -0.1) is 0 Å². The Bertz CT molecular complexity index is 3470. The van der Waals surface area contributed by atoms with E-state index < -0.39 is 21.9 Å². The normalized spacial score (nSPS) is 13.8. The molecule has 11 nitrogen and oxygen atoms in total. The molecule has 0 bridgehead atoms. The molecule has 8 aromatic carbocycles. The second-order valence-electron chi connectivity index (χ2n) is 13.3. The first-order valence-corrected chi connectivity index (χ1v) is 18.3. The lowest BCUT2D eigenvalue weighted by molar-refractivity contribution is 0.0893. The average Bonchev–Trinajstić information content (AvgIpc) is 3.58. The molecule has 3 heterocycles. The first-order valence-electron chi connectivity index (χ1n) is 16.9. The first kappa shape index (κ1) is 30.5. The van der Waals surface area contributed by atoms with E-state index >= 15 is 0 Å². The van der Waals surface area contributed by atoms with Crippen LogP contribution < -0.4 is 10.5 Å². The molecule has 54 heavy (non-hydrogen) atoms. The number of pyridine rings is 1. The number of anilines is 1. The Balaban J connectivity index is 1.04. The van der Waals surface area contributed by atoms with Gasteiger partial charge >= 0.3 is 0 Å². The van der Waals surface area contributed by atoms with E-state index in [9.17, 15) is 27.4 Å².